The van der Waals surface area contributed by atoms with Crippen LogP contribution in [0.4, 0.5) is 0 Å². The number of carbonyl (C=O) groups is 3. The average molecular weight is 479 g/mol. The summed E-state index contributed by atoms with van der Waals surface area (Å²) in [6.45, 7) is 5.58. The van der Waals surface area contributed by atoms with Gasteiger partial charge in [-0.25, -0.2) is 0 Å². The molecule has 0 radical (unpaired) electrons. The number of hydrogen-bond donors (Lipinski definition) is 0. The third-order valence-electron chi connectivity index (χ3n) is 4.43. The minimum Gasteiger partial charge on any atom is -0.463 e. The van der Waals surface area contributed by atoms with E-state index in [4.69, 9.17) is 42.1 Å². The summed E-state index contributed by atoms with van der Waals surface area (Å²) in [7, 11) is 0. The molecule has 0 bridgehead atoms. The zero-order chi connectivity index (χ0) is 22.4. The first kappa shape index (κ1) is 24.8. The molecule has 1 saturated heterocycles. The van der Waals surface area contributed by atoms with E-state index in [9.17, 15) is 14.4 Å². The summed E-state index contributed by atoms with van der Waals surface area (Å²) in [5, 5.41) is 0.892. The highest BCUT2D eigenvalue weighted by molar-refractivity contribution is 7.99. The second-order valence-corrected chi connectivity index (χ2v) is 8.81. The van der Waals surface area contributed by atoms with E-state index in [2.05, 4.69) is 0 Å². The number of carbonyl (C=O) groups excluding carboxylic acids is 3. The monoisotopic (exact) mass is 478 g/mol. The summed E-state index contributed by atoms with van der Waals surface area (Å²) in [5.41, 5.74) is 0.330. The maximum atomic E-state index is 11.7. The number of halogens is 2. The summed E-state index contributed by atoms with van der Waals surface area (Å²) in [4.78, 5) is 34.6. The largest absolute Gasteiger partial charge is 0.463 e. The van der Waals surface area contributed by atoms with Crippen LogP contribution in [0.3, 0.4) is 0 Å². The lowest BCUT2D eigenvalue weighted by Crippen LogP contribution is -2.56. The van der Waals surface area contributed by atoms with E-state index >= 15 is 0 Å². The van der Waals surface area contributed by atoms with Crippen molar-refractivity contribution in [3.8, 4) is 0 Å². The van der Waals surface area contributed by atoms with Crippen LogP contribution >= 0.6 is 35.0 Å². The first-order valence-electron chi connectivity index (χ1n) is 9.27. The number of thioether (sulfide) groups is 1. The molecule has 1 aromatic carbocycles. The van der Waals surface area contributed by atoms with Crippen molar-refractivity contribution in [3.63, 3.8) is 0 Å². The van der Waals surface area contributed by atoms with Crippen LogP contribution in [0.15, 0.2) is 18.2 Å². The van der Waals surface area contributed by atoms with Gasteiger partial charge >= 0.3 is 17.9 Å². The van der Waals surface area contributed by atoms with Crippen LogP contribution in [0.1, 0.15) is 33.3 Å². The van der Waals surface area contributed by atoms with Crippen molar-refractivity contribution in [2.75, 3.05) is 6.61 Å². The van der Waals surface area contributed by atoms with E-state index in [-0.39, 0.29) is 6.61 Å². The van der Waals surface area contributed by atoms with Gasteiger partial charge in [-0.1, -0.05) is 36.2 Å². The molecule has 5 atom stereocenters. The molecule has 10 heteroatoms. The zero-order valence-electron chi connectivity index (χ0n) is 17.1. The normalized spacial score (nSPS) is 26.0. The van der Waals surface area contributed by atoms with Crippen LogP contribution in [0.25, 0.3) is 0 Å². The number of esters is 3. The Labute approximate surface area is 189 Å². The van der Waals surface area contributed by atoms with E-state index in [0.717, 1.165) is 5.56 Å². The van der Waals surface area contributed by atoms with Gasteiger partial charge in [-0.3, -0.25) is 14.4 Å². The Morgan fingerprint density at radius 3 is 2.20 bits per heavy atom. The quantitative estimate of drug-likeness (QED) is 0.428. The highest BCUT2D eigenvalue weighted by atomic mass is 35.5. The summed E-state index contributed by atoms with van der Waals surface area (Å²) >= 11 is 13.4. The van der Waals surface area contributed by atoms with Crippen LogP contribution < -0.4 is 0 Å². The molecule has 7 nitrogen and oxygen atoms in total. The summed E-state index contributed by atoms with van der Waals surface area (Å²) in [6.07, 6.45) is -2.12. The lowest BCUT2D eigenvalue weighted by molar-refractivity contribution is -0.212. The Kier molecular flexibility index (Phi) is 9.28. The highest BCUT2D eigenvalue weighted by Crippen LogP contribution is 2.37. The average Bonchev–Trinajstić information content (AvgIpc) is 2.65. The molecule has 0 amide bonds. The first-order valence-corrected chi connectivity index (χ1v) is 11.1. The Balaban J connectivity index is 2.22. The minimum absolute atomic E-state index is 0.0890. The van der Waals surface area contributed by atoms with Gasteiger partial charge in [-0.15, -0.1) is 11.8 Å². The molecule has 1 heterocycles. The Morgan fingerprint density at radius 1 is 1.00 bits per heavy atom. The Bertz CT molecular complexity index is 786. The van der Waals surface area contributed by atoms with Crippen molar-refractivity contribution in [2.45, 2.75) is 57.2 Å². The molecule has 0 aromatic heterocycles. The summed E-state index contributed by atoms with van der Waals surface area (Å²) in [5.74, 6) is -1.35. The molecule has 0 N–H and O–H groups in total. The van der Waals surface area contributed by atoms with E-state index in [1.807, 2.05) is 6.07 Å². The number of rotatable bonds is 7. The molecule has 2 rings (SSSR count). The van der Waals surface area contributed by atoms with Gasteiger partial charge in [0.2, 0.25) is 0 Å². The Morgan fingerprint density at radius 2 is 1.63 bits per heavy atom. The second-order valence-electron chi connectivity index (χ2n) is 6.91. The third kappa shape index (κ3) is 7.04. The molecule has 0 saturated carbocycles. The fraction of sp³-hybridized carbons (Fsp3) is 0.550. The molecule has 1 aliphatic heterocycles. The minimum atomic E-state index is -0.743. The van der Waals surface area contributed by atoms with Gasteiger partial charge in [0.15, 0.2) is 0 Å². The van der Waals surface area contributed by atoms with Gasteiger partial charge in [-0.2, -0.15) is 0 Å². The van der Waals surface area contributed by atoms with Crippen molar-refractivity contribution >= 4 is 52.9 Å². The van der Waals surface area contributed by atoms with E-state index < -0.39 is 47.6 Å². The van der Waals surface area contributed by atoms with Crippen molar-refractivity contribution < 1.29 is 33.3 Å². The van der Waals surface area contributed by atoms with Crippen molar-refractivity contribution in [1.29, 1.82) is 0 Å². The molecular formula is C20H24Cl2O7S. The van der Waals surface area contributed by atoms with E-state index in [1.54, 1.807) is 19.1 Å². The molecule has 1 aliphatic rings. The maximum Gasteiger partial charge on any atom is 0.303 e. The van der Waals surface area contributed by atoms with Crippen LogP contribution in [0.5, 0.6) is 0 Å². The summed E-state index contributed by atoms with van der Waals surface area (Å²) in [6, 6.07) is 5.29. The molecule has 166 valence electrons. The second kappa shape index (κ2) is 11.2. The lowest BCUT2D eigenvalue weighted by Gasteiger charge is -2.43. The van der Waals surface area contributed by atoms with Crippen molar-refractivity contribution in [2.24, 2.45) is 5.92 Å². The van der Waals surface area contributed by atoms with Gasteiger partial charge in [0.25, 0.3) is 0 Å². The molecular weight excluding hydrogens is 455 g/mol. The topological polar surface area (TPSA) is 88.1 Å². The van der Waals surface area contributed by atoms with Crippen LogP contribution in [0, 0.1) is 5.92 Å². The standard InChI is InChI=1S/C20H24Cl2O7S/c1-10-18(27-12(3)24)17(8-26-11(2)23)29-20(19(10)28-13(4)25)30-9-14-5-6-15(21)16(22)7-14/h5-7,10,17-20H,8-9H2,1-4H3/t10?,17?,18-,19?,20-/m1/s1. The fourth-order valence-corrected chi connectivity index (χ4v) is 4.68. The molecule has 0 spiro atoms. The van der Waals surface area contributed by atoms with Gasteiger partial charge in [0.1, 0.15) is 30.4 Å². The number of ether oxygens (including phenoxy) is 4. The fourth-order valence-electron chi connectivity index (χ4n) is 3.11. The number of benzene rings is 1. The third-order valence-corrected chi connectivity index (χ3v) is 6.38. The predicted molar refractivity (Wildman–Crippen MR) is 113 cm³/mol. The zero-order valence-corrected chi connectivity index (χ0v) is 19.4. The van der Waals surface area contributed by atoms with Gasteiger partial charge in [0.05, 0.1) is 10.0 Å². The number of hydrogen-bond acceptors (Lipinski definition) is 8. The van der Waals surface area contributed by atoms with Gasteiger partial charge in [0, 0.05) is 32.4 Å². The van der Waals surface area contributed by atoms with Crippen molar-refractivity contribution in [3.05, 3.63) is 33.8 Å². The van der Waals surface area contributed by atoms with Crippen LogP contribution in [0.2, 0.25) is 10.0 Å². The first-order chi connectivity index (χ1) is 14.1. The van der Waals surface area contributed by atoms with Crippen LogP contribution in [-0.4, -0.2) is 48.3 Å². The van der Waals surface area contributed by atoms with E-state index in [1.165, 1.54) is 32.5 Å². The predicted octanol–water partition coefficient (Wildman–Crippen LogP) is 4.01. The smallest absolute Gasteiger partial charge is 0.303 e. The SMILES string of the molecule is CC(=O)OCC1O[C@H](SCc2ccc(Cl)c(Cl)c2)C(OC(C)=O)C(C)[C@H]1OC(C)=O. The Hall–Kier alpha value is -1.48. The van der Waals surface area contributed by atoms with Gasteiger partial charge in [-0.05, 0) is 17.7 Å². The molecule has 30 heavy (non-hydrogen) atoms. The molecule has 3 unspecified atom stereocenters. The maximum absolute atomic E-state index is 11.7. The molecule has 1 fully saturated rings. The van der Waals surface area contributed by atoms with Crippen LogP contribution in [-0.2, 0) is 39.1 Å². The van der Waals surface area contributed by atoms with Gasteiger partial charge < -0.3 is 18.9 Å². The lowest BCUT2D eigenvalue weighted by atomic mass is 9.91. The van der Waals surface area contributed by atoms with E-state index in [0.29, 0.717) is 15.8 Å². The molecule has 1 aromatic rings. The molecule has 0 aliphatic carbocycles. The summed E-state index contributed by atoms with van der Waals surface area (Å²) < 4.78 is 22.1. The van der Waals surface area contributed by atoms with Crippen molar-refractivity contribution in [1.82, 2.24) is 0 Å². The highest BCUT2D eigenvalue weighted by Gasteiger charge is 2.47.